The van der Waals surface area contributed by atoms with Crippen molar-refractivity contribution in [3.05, 3.63) is 52.3 Å². The highest BCUT2D eigenvalue weighted by atomic mass is 16.3. The molecule has 1 saturated heterocycles. The van der Waals surface area contributed by atoms with Crippen molar-refractivity contribution in [2.75, 3.05) is 26.2 Å². The molecular weight excluding hydrogens is 348 g/mol. The Morgan fingerprint density at radius 2 is 1.86 bits per heavy atom. The lowest BCUT2D eigenvalue weighted by Gasteiger charge is -2.41. The average Bonchev–Trinajstić information content (AvgIpc) is 2.94. The summed E-state index contributed by atoms with van der Waals surface area (Å²) in [5.74, 6) is 0. The second kappa shape index (κ2) is 9.21. The van der Waals surface area contributed by atoms with E-state index in [1.165, 1.54) is 22.4 Å². The molecule has 1 aliphatic rings. The van der Waals surface area contributed by atoms with Crippen LogP contribution in [-0.2, 0) is 13.1 Å². The van der Waals surface area contributed by atoms with Crippen LogP contribution in [0.1, 0.15) is 54.4 Å². The monoisotopic (exact) mass is 384 g/mol. The maximum Gasteiger partial charge on any atom is 0.0641 e. The van der Waals surface area contributed by atoms with Gasteiger partial charge in [0.2, 0.25) is 0 Å². The van der Waals surface area contributed by atoms with Gasteiger partial charge in [-0.15, -0.1) is 0 Å². The van der Waals surface area contributed by atoms with Gasteiger partial charge in [0.15, 0.2) is 0 Å². The highest BCUT2D eigenvalue weighted by molar-refractivity contribution is 5.26. The summed E-state index contributed by atoms with van der Waals surface area (Å²) < 4.78 is 2.14. The van der Waals surface area contributed by atoms with Crippen LogP contribution in [-0.4, -0.2) is 57.0 Å². The van der Waals surface area contributed by atoms with Crippen LogP contribution in [0.4, 0.5) is 0 Å². The molecule has 2 heterocycles. The van der Waals surface area contributed by atoms with E-state index in [4.69, 9.17) is 5.10 Å². The maximum atomic E-state index is 9.63. The lowest BCUT2D eigenvalue weighted by Crippen LogP contribution is -2.52. The van der Waals surface area contributed by atoms with Gasteiger partial charge >= 0.3 is 0 Å². The van der Waals surface area contributed by atoms with Crippen LogP contribution in [0.5, 0.6) is 0 Å². The molecular formula is C23H36N4O. The van der Waals surface area contributed by atoms with Crippen molar-refractivity contribution in [2.24, 2.45) is 0 Å². The van der Waals surface area contributed by atoms with E-state index < -0.39 is 0 Å². The molecule has 0 unspecified atom stereocenters. The molecule has 0 saturated carbocycles. The molecule has 0 radical (unpaired) electrons. The first-order valence-electron chi connectivity index (χ1n) is 10.6. The zero-order valence-corrected chi connectivity index (χ0v) is 18.1. The van der Waals surface area contributed by atoms with Crippen molar-refractivity contribution in [3.8, 4) is 0 Å². The number of aromatic nitrogens is 2. The molecule has 0 spiro atoms. The standard InChI is InChI=1S/C23H36N4O/c1-17(2)27-20(5)23(19(4)24-27)16-25-11-12-26(22(15-25)10-13-28)14-21-9-7-6-8-18(21)3/h6-9,17,22,28H,10-16H2,1-5H3/t22-/m1/s1. The van der Waals surface area contributed by atoms with Gasteiger partial charge in [-0.05, 0) is 52.2 Å². The number of piperazine rings is 1. The number of aryl methyl sites for hydroxylation is 2. The van der Waals surface area contributed by atoms with Gasteiger partial charge in [-0.3, -0.25) is 14.5 Å². The number of aliphatic hydroxyl groups is 1. The Morgan fingerprint density at radius 1 is 1.11 bits per heavy atom. The molecule has 154 valence electrons. The molecule has 5 heteroatoms. The fraction of sp³-hybridized carbons (Fsp3) is 0.609. The van der Waals surface area contributed by atoms with Gasteiger partial charge in [-0.25, -0.2) is 0 Å². The second-order valence-corrected chi connectivity index (χ2v) is 8.49. The van der Waals surface area contributed by atoms with E-state index in [1.807, 2.05) is 0 Å². The second-order valence-electron chi connectivity index (χ2n) is 8.49. The third kappa shape index (κ3) is 4.65. The minimum absolute atomic E-state index is 0.242. The van der Waals surface area contributed by atoms with Crippen molar-refractivity contribution in [1.82, 2.24) is 19.6 Å². The Morgan fingerprint density at radius 3 is 2.50 bits per heavy atom. The first-order chi connectivity index (χ1) is 13.4. The molecule has 1 aromatic carbocycles. The Kier molecular flexibility index (Phi) is 6.91. The van der Waals surface area contributed by atoms with Gasteiger partial charge in [0.1, 0.15) is 0 Å². The Balaban J connectivity index is 1.70. The fourth-order valence-corrected chi connectivity index (χ4v) is 4.39. The first-order valence-corrected chi connectivity index (χ1v) is 10.6. The van der Waals surface area contributed by atoms with Crippen molar-refractivity contribution in [3.63, 3.8) is 0 Å². The molecule has 0 aliphatic carbocycles. The molecule has 28 heavy (non-hydrogen) atoms. The summed E-state index contributed by atoms with van der Waals surface area (Å²) in [5.41, 5.74) is 6.54. The van der Waals surface area contributed by atoms with E-state index in [0.29, 0.717) is 12.1 Å². The van der Waals surface area contributed by atoms with Crippen LogP contribution in [0.25, 0.3) is 0 Å². The number of rotatable bonds is 7. The lowest BCUT2D eigenvalue weighted by molar-refractivity contribution is 0.0497. The van der Waals surface area contributed by atoms with E-state index in [9.17, 15) is 5.11 Å². The highest BCUT2D eigenvalue weighted by Gasteiger charge is 2.28. The molecule has 5 nitrogen and oxygen atoms in total. The SMILES string of the molecule is Cc1ccccc1CN1CCN(Cc2c(C)nn(C(C)C)c2C)C[C@H]1CCO. The number of benzene rings is 1. The van der Waals surface area contributed by atoms with Crippen LogP contribution in [0, 0.1) is 20.8 Å². The Hall–Kier alpha value is -1.69. The normalized spacial score (nSPS) is 18.9. The molecule has 1 aromatic heterocycles. The van der Waals surface area contributed by atoms with Crippen molar-refractivity contribution < 1.29 is 5.11 Å². The predicted molar refractivity (Wildman–Crippen MR) is 114 cm³/mol. The van der Waals surface area contributed by atoms with Gasteiger partial charge in [0, 0.05) is 62.7 Å². The van der Waals surface area contributed by atoms with E-state index in [1.54, 1.807) is 0 Å². The predicted octanol–water partition coefficient (Wildman–Crippen LogP) is 3.46. The molecule has 1 atom stereocenters. The van der Waals surface area contributed by atoms with Crippen molar-refractivity contribution in [1.29, 1.82) is 0 Å². The minimum atomic E-state index is 0.242. The smallest absolute Gasteiger partial charge is 0.0641 e. The topological polar surface area (TPSA) is 44.5 Å². The molecule has 1 aliphatic heterocycles. The van der Waals surface area contributed by atoms with Crippen LogP contribution >= 0.6 is 0 Å². The summed E-state index contributed by atoms with van der Waals surface area (Å²) in [6, 6.07) is 9.41. The van der Waals surface area contributed by atoms with Crippen molar-refractivity contribution in [2.45, 2.75) is 66.2 Å². The van der Waals surface area contributed by atoms with Crippen molar-refractivity contribution >= 4 is 0 Å². The van der Waals surface area contributed by atoms with Crippen LogP contribution in [0.2, 0.25) is 0 Å². The summed E-state index contributed by atoms with van der Waals surface area (Å²) in [5, 5.41) is 14.4. The highest BCUT2D eigenvalue weighted by Crippen LogP contribution is 2.23. The molecule has 0 bridgehead atoms. The fourth-order valence-electron chi connectivity index (χ4n) is 4.39. The zero-order valence-electron chi connectivity index (χ0n) is 18.1. The van der Waals surface area contributed by atoms with E-state index in [2.05, 4.69) is 73.4 Å². The molecule has 1 fully saturated rings. The zero-order chi connectivity index (χ0) is 20.3. The third-order valence-corrected chi connectivity index (χ3v) is 6.13. The third-order valence-electron chi connectivity index (χ3n) is 6.13. The Bertz CT molecular complexity index is 783. The average molecular weight is 385 g/mol. The maximum absolute atomic E-state index is 9.63. The van der Waals surface area contributed by atoms with Gasteiger partial charge in [0.05, 0.1) is 5.69 Å². The van der Waals surface area contributed by atoms with E-state index >= 15 is 0 Å². The van der Waals surface area contributed by atoms with Gasteiger partial charge in [-0.1, -0.05) is 24.3 Å². The number of nitrogens with zero attached hydrogens (tertiary/aromatic N) is 4. The lowest BCUT2D eigenvalue weighted by atomic mass is 10.0. The van der Waals surface area contributed by atoms with Gasteiger partial charge in [-0.2, -0.15) is 5.10 Å². The summed E-state index contributed by atoms with van der Waals surface area (Å²) in [6.07, 6.45) is 0.825. The molecule has 0 amide bonds. The van der Waals surface area contributed by atoms with E-state index in [0.717, 1.165) is 44.8 Å². The first kappa shape index (κ1) is 21.0. The summed E-state index contributed by atoms with van der Waals surface area (Å²) in [6.45, 7) is 16.1. The number of hydrogen-bond acceptors (Lipinski definition) is 4. The van der Waals surface area contributed by atoms with Crippen LogP contribution in [0.3, 0.4) is 0 Å². The van der Waals surface area contributed by atoms with Gasteiger partial charge < -0.3 is 5.11 Å². The summed E-state index contributed by atoms with van der Waals surface area (Å²) >= 11 is 0. The minimum Gasteiger partial charge on any atom is -0.396 e. The van der Waals surface area contributed by atoms with E-state index in [-0.39, 0.29) is 6.61 Å². The molecule has 1 N–H and O–H groups in total. The van der Waals surface area contributed by atoms with Gasteiger partial charge in [0.25, 0.3) is 0 Å². The quantitative estimate of drug-likeness (QED) is 0.794. The Labute approximate surface area is 170 Å². The number of hydrogen-bond donors (Lipinski definition) is 1. The van der Waals surface area contributed by atoms with Crippen LogP contribution in [0.15, 0.2) is 24.3 Å². The number of aliphatic hydroxyl groups excluding tert-OH is 1. The largest absolute Gasteiger partial charge is 0.396 e. The summed E-state index contributed by atoms with van der Waals surface area (Å²) in [7, 11) is 0. The van der Waals surface area contributed by atoms with Crippen LogP contribution < -0.4 is 0 Å². The molecule has 2 aromatic rings. The molecule has 3 rings (SSSR count). The summed E-state index contributed by atoms with van der Waals surface area (Å²) in [4.78, 5) is 5.09.